The Labute approximate surface area is 139 Å². The quantitative estimate of drug-likeness (QED) is 0.710. The highest BCUT2D eigenvalue weighted by atomic mass is 79.9. The average molecular weight is 366 g/mol. The van der Waals surface area contributed by atoms with Gasteiger partial charge in [-0.2, -0.15) is 0 Å². The Hall–Kier alpha value is -0.940. The monoisotopic (exact) mass is 365 g/mol. The van der Waals surface area contributed by atoms with E-state index in [9.17, 15) is 0 Å². The minimum absolute atomic E-state index is 0.748. The first kappa shape index (κ1) is 16.4. The van der Waals surface area contributed by atoms with Crippen LogP contribution in [0, 0.1) is 0 Å². The summed E-state index contributed by atoms with van der Waals surface area (Å²) in [6, 6.07) is 12.7. The van der Waals surface area contributed by atoms with Crippen LogP contribution in [0.5, 0.6) is 0 Å². The van der Waals surface area contributed by atoms with Crippen LogP contribution in [-0.2, 0) is 4.74 Å². The number of halogens is 1. The maximum absolute atomic E-state index is 5.02. The Balaban J connectivity index is 2.01. The number of nitrogens with one attached hydrogen (secondary N) is 1. The first-order valence-electron chi connectivity index (χ1n) is 6.92. The van der Waals surface area contributed by atoms with Crippen molar-refractivity contribution in [1.82, 2.24) is 5.32 Å². The van der Waals surface area contributed by atoms with Crippen molar-refractivity contribution >= 4 is 33.3 Å². The summed E-state index contributed by atoms with van der Waals surface area (Å²) in [5.41, 5.74) is 2.57. The normalized spacial score (nSPS) is 11.9. The van der Waals surface area contributed by atoms with E-state index >= 15 is 0 Å². The summed E-state index contributed by atoms with van der Waals surface area (Å²) < 4.78 is 6.16. The Morgan fingerprint density at radius 2 is 2.10 bits per heavy atom. The molecule has 112 valence electrons. The molecule has 0 aliphatic rings. The van der Waals surface area contributed by atoms with E-state index in [2.05, 4.69) is 64.6 Å². The van der Waals surface area contributed by atoms with Crippen molar-refractivity contribution in [3.8, 4) is 10.4 Å². The summed E-state index contributed by atoms with van der Waals surface area (Å²) >= 11 is 5.42. The molecule has 0 saturated heterocycles. The highest BCUT2D eigenvalue weighted by Gasteiger charge is 2.05. The highest BCUT2D eigenvalue weighted by molar-refractivity contribution is 9.10. The van der Waals surface area contributed by atoms with Gasteiger partial charge in [-0.1, -0.05) is 39.7 Å². The summed E-state index contributed by atoms with van der Waals surface area (Å²) in [5.74, 6) is 0. The SMILES string of the molecule is COCCNCC(C)=Cc1ccc(-c2ccccc2Br)s1. The molecule has 0 radical (unpaired) electrons. The summed E-state index contributed by atoms with van der Waals surface area (Å²) in [4.78, 5) is 2.57. The summed E-state index contributed by atoms with van der Waals surface area (Å²) in [6.07, 6.45) is 2.24. The molecule has 0 aliphatic carbocycles. The molecule has 0 atom stereocenters. The van der Waals surface area contributed by atoms with Crippen molar-refractivity contribution in [2.45, 2.75) is 6.92 Å². The van der Waals surface area contributed by atoms with Crippen molar-refractivity contribution < 1.29 is 4.74 Å². The lowest BCUT2D eigenvalue weighted by Crippen LogP contribution is -2.20. The van der Waals surface area contributed by atoms with Gasteiger partial charge in [0.1, 0.15) is 0 Å². The zero-order valence-electron chi connectivity index (χ0n) is 12.4. The van der Waals surface area contributed by atoms with Gasteiger partial charge in [-0.05, 0) is 31.2 Å². The van der Waals surface area contributed by atoms with E-state index in [0.717, 1.165) is 24.2 Å². The fourth-order valence-electron chi connectivity index (χ4n) is 1.99. The first-order valence-corrected chi connectivity index (χ1v) is 8.53. The molecule has 0 fully saturated rings. The molecule has 1 aromatic carbocycles. The van der Waals surface area contributed by atoms with Crippen LogP contribution in [0.25, 0.3) is 16.5 Å². The van der Waals surface area contributed by atoms with Crippen LogP contribution in [0.15, 0.2) is 46.4 Å². The van der Waals surface area contributed by atoms with Gasteiger partial charge >= 0.3 is 0 Å². The molecular formula is C17H20BrNOS. The van der Waals surface area contributed by atoms with E-state index in [1.165, 1.54) is 20.9 Å². The lowest BCUT2D eigenvalue weighted by molar-refractivity contribution is 0.200. The van der Waals surface area contributed by atoms with E-state index in [4.69, 9.17) is 4.74 Å². The predicted octanol–water partition coefficient (Wildman–Crippen LogP) is 4.82. The van der Waals surface area contributed by atoms with Gasteiger partial charge in [0.2, 0.25) is 0 Å². The number of ether oxygens (including phenoxy) is 1. The molecule has 0 spiro atoms. The molecular weight excluding hydrogens is 346 g/mol. The van der Waals surface area contributed by atoms with Gasteiger partial charge in [0.25, 0.3) is 0 Å². The molecule has 0 saturated carbocycles. The molecule has 2 aromatic rings. The smallest absolute Gasteiger partial charge is 0.0587 e. The Morgan fingerprint density at radius 3 is 2.86 bits per heavy atom. The van der Waals surface area contributed by atoms with E-state index in [0.29, 0.717) is 0 Å². The lowest BCUT2D eigenvalue weighted by atomic mass is 10.2. The minimum Gasteiger partial charge on any atom is -0.383 e. The number of methoxy groups -OCH3 is 1. The third-order valence-corrected chi connectivity index (χ3v) is 4.80. The van der Waals surface area contributed by atoms with Crippen molar-refractivity contribution in [3.63, 3.8) is 0 Å². The molecule has 2 nitrogen and oxygen atoms in total. The number of hydrogen-bond acceptors (Lipinski definition) is 3. The molecule has 4 heteroatoms. The van der Waals surface area contributed by atoms with Crippen LogP contribution >= 0.6 is 27.3 Å². The molecule has 0 unspecified atom stereocenters. The fraction of sp³-hybridized carbons (Fsp3) is 0.294. The third-order valence-electron chi connectivity index (χ3n) is 3.04. The number of rotatable bonds is 7. The molecule has 0 bridgehead atoms. The first-order chi connectivity index (χ1) is 10.2. The van der Waals surface area contributed by atoms with Gasteiger partial charge in [-0.15, -0.1) is 11.3 Å². The van der Waals surface area contributed by atoms with Crippen molar-refractivity contribution in [2.24, 2.45) is 0 Å². The Bertz CT molecular complexity index is 606. The van der Waals surface area contributed by atoms with Crippen molar-refractivity contribution in [2.75, 3.05) is 26.8 Å². The van der Waals surface area contributed by atoms with Crippen LogP contribution in [-0.4, -0.2) is 26.8 Å². The third kappa shape index (κ3) is 5.08. The summed E-state index contributed by atoms with van der Waals surface area (Å²) in [5, 5.41) is 3.36. The van der Waals surface area contributed by atoms with Gasteiger partial charge in [-0.25, -0.2) is 0 Å². The second-order valence-electron chi connectivity index (χ2n) is 4.84. The largest absolute Gasteiger partial charge is 0.383 e. The van der Waals surface area contributed by atoms with E-state index in [-0.39, 0.29) is 0 Å². The lowest BCUT2D eigenvalue weighted by Gasteiger charge is -2.03. The maximum atomic E-state index is 5.02. The van der Waals surface area contributed by atoms with Crippen LogP contribution < -0.4 is 5.32 Å². The molecule has 21 heavy (non-hydrogen) atoms. The van der Waals surface area contributed by atoms with Crippen LogP contribution in [0.4, 0.5) is 0 Å². The van der Waals surface area contributed by atoms with Gasteiger partial charge in [0, 0.05) is 40.0 Å². The number of benzene rings is 1. The zero-order valence-corrected chi connectivity index (χ0v) is 14.8. The molecule has 1 heterocycles. The molecule has 1 aromatic heterocycles. The van der Waals surface area contributed by atoms with E-state index in [1.54, 1.807) is 7.11 Å². The van der Waals surface area contributed by atoms with E-state index < -0.39 is 0 Å². The molecule has 2 rings (SSSR count). The highest BCUT2D eigenvalue weighted by Crippen LogP contribution is 2.34. The van der Waals surface area contributed by atoms with Crippen LogP contribution in [0.2, 0.25) is 0 Å². The second kappa shape index (κ2) is 8.49. The fourth-order valence-corrected chi connectivity index (χ4v) is 3.69. The predicted molar refractivity (Wildman–Crippen MR) is 95.9 cm³/mol. The van der Waals surface area contributed by atoms with Crippen LogP contribution in [0.1, 0.15) is 11.8 Å². The Morgan fingerprint density at radius 1 is 1.29 bits per heavy atom. The number of thiophene rings is 1. The standard InChI is InChI=1S/C17H20BrNOS/c1-13(12-19-9-10-20-2)11-14-7-8-17(21-14)15-5-3-4-6-16(15)18/h3-8,11,19H,9-10,12H2,1-2H3. The van der Waals surface area contributed by atoms with E-state index in [1.807, 2.05) is 17.4 Å². The Kier molecular flexibility index (Phi) is 6.64. The van der Waals surface area contributed by atoms with Gasteiger partial charge in [-0.3, -0.25) is 0 Å². The van der Waals surface area contributed by atoms with Crippen molar-refractivity contribution in [3.05, 3.63) is 51.3 Å². The molecule has 0 aliphatic heterocycles. The van der Waals surface area contributed by atoms with Gasteiger partial charge in [0.15, 0.2) is 0 Å². The van der Waals surface area contributed by atoms with Crippen molar-refractivity contribution in [1.29, 1.82) is 0 Å². The molecule has 0 amide bonds. The minimum atomic E-state index is 0.748. The molecule has 1 N–H and O–H groups in total. The average Bonchev–Trinajstić information content (AvgIpc) is 2.92. The summed E-state index contributed by atoms with van der Waals surface area (Å²) in [7, 11) is 1.72. The van der Waals surface area contributed by atoms with Crippen LogP contribution in [0.3, 0.4) is 0 Å². The van der Waals surface area contributed by atoms with Gasteiger partial charge in [0.05, 0.1) is 6.61 Å². The number of hydrogen-bond donors (Lipinski definition) is 1. The van der Waals surface area contributed by atoms with Gasteiger partial charge < -0.3 is 10.1 Å². The zero-order chi connectivity index (χ0) is 15.1. The maximum Gasteiger partial charge on any atom is 0.0587 e. The second-order valence-corrected chi connectivity index (χ2v) is 6.81. The summed E-state index contributed by atoms with van der Waals surface area (Å²) in [6.45, 7) is 4.68. The topological polar surface area (TPSA) is 21.3 Å².